The van der Waals surface area contributed by atoms with Crippen molar-refractivity contribution in [3.8, 4) is 0 Å². The second kappa shape index (κ2) is 23.8. The van der Waals surface area contributed by atoms with E-state index in [1.54, 1.807) is 20.8 Å². The van der Waals surface area contributed by atoms with Gasteiger partial charge in [-0.15, -0.1) is 0 Å². The lowest BCUT2D eigenvalue weighted by Crippen LogP contribution is -2.35. The fourth-order valence-electron chi connectivity index (χ4n) is 3.02. The molecule has 1 amide bonds. The van der Waals surface area contributed by atoms with Gasteiger partial charge in [0.25, 0.3) is 0 Å². The van der Waals surface area contributed by atoms with Crippen LogP contribution in [0.3, 0.4) is 0 Å². The number of carbonyl (C=O) groups is 2. The Bertz CT molecular complexity index is 728. The number of hydrogen-bond acceptors (Lipinski definition) is 5. The predicted octanol–water partition coefficient (Wildman–Crippen LogP) is 7.77. The molecule has 0 aromatic carbocycles. The van der Waals surface area contributed by atoms with Gasteiger partial charge in [-0.05, 0) is 78.6 Å². The highest BCUT2D eigenvalue weighted by Crippen LogP contribution is 2.07. The van der Waals surface area contributed by atoms with Crippen molar-refractivity contribution in [3.05, 3.63) is 60.8 Å². The van der Waals surface area contributed by atoms with E-state index in [-0.39, 0.29) is 13.2 Å². The van der Waals surface area contributed by atoms with Crippen LogP contribution in [0.15, 0.2) is 60.8 Å². The maximum atomic E-state index is 12.2. The first-order valence-corrected chi connectivity index (χ1v) is 13.8. The van der Waals surface area contributed by atoms with Gasteiger partial charge in [0.15, 0.2) is 6.10 Å². The highest BCUT2D eigenvalue weighted by Gasteiger charge is 2.19. The van der Waals surface area contributed by atoms with Crippen LogP contribution < -0.4 is 5.32 Å². The minimum atomic E-state index is -0.574. The van der Waals surface area contributed by atoms with Crippen molar-refractivity contribution in [1.29, 1.82) is 0 Å². The average Bonchev–Trinajstić information content (AvgIpc) is 2.84. The number of ether oxygens (including phenoxy) is 3. The fourth-order valence-corrected chi connectivity index (χ4v) is 3.02. The third-order valence-corrected chi connectivity index (χ3v) is 4.89. The Labute approximate surface area is 225 Å². The molecule has 0 radical (unpaired) electrons. The van der Waals surface area contributed by atoms with Gasteiger partial charge >= 0.3 is 12.1 Å². The van der Waals surface area contributed by atoms with Crippen molar-refractivity contribution in [2.45, 2.75) is 104 Å². The maximum Gasteiger partial charge on any atom is 0.407 e. The monoisotopic (exact) mass is 517 g/mol. The van der Waals surface area contributed by atoms with Crippen molar-refractivity contribution in [2.75, 3.05) is 19.8 Å². The van der Waals surface area contributed by atoms with Crippen LogP contribution in [-0.4, -0.2) is 43.5 Å². The maximum absolute atomic E-state index is 12.2. The summed E-state index contributed by atoms with van der Waals surface area (Å²) in [4.78, 5) is 23.7. The summed E-state index contributed by atoms with van der Waals surface area (Å²) in [5.41, 5.74) is -0.560. The number of hydrogen-bond donors (Lipinski definition) is 1. The van der Waals surface area contributed by atoms with Crippen LogP contribution in [0.2, 0.25) is 0 Å². The van der Waals surface area contributed by atoms with Gasteiger partial charge in [0.2, 0.25) is 0 Å². The summed E-state index contributed by atoms with van der Waals surface area (Å²) < 4.78 is 16.0. The van der Waals surface area contributed by atoms with E-state index in [1.165, 1.54) is 0 Å². The number of carbonyl (C=O) groups excluding carboxylic acids is 2. The van der Waals surface area contributed by atoms with Crippen molar-refractivity contribution in [2.24, 2.45) is 0 Å². The van der Waals surface area contributed by atoms with Crippen molar-refractivity contribution in [3.63, 3.8) is 0 Å². The van der Waals surface area contributed by atoms with Gasteiger partial charge in [-0.3, -0.25) is 0 Å². The van der Waals surface area contributed by atoms with Crippen LogP contribution in [0.1, 0.15) is 92.4 Å². The molecule has 210 valence electrons. The zero-order chi connectivity index (χ0) is 27.6. The highest BCUT2D eigenvalue weighted by molar-refractivity contribution is 5.74. The molecule has 0 heterocycles. The van der Waals surface area contributed by atoms with E-state index in [1.807, 2.05) is 6.92 Å². The molecule has 6 nitrogen and oxygen atoms in total. The Morgan fingerprint density at radius 1 is 0.757 bits per heavy atom. The molecule has 0 spiro atoms. The van der Waals surface area contributed by atoms with E-state index in [9.17, 15) is 9.59 Å². The molecule has 0 aromatic heterocycles. The van der Waals surface area contributed by atoms with E-state index >= 15 is 0 Å². The van der Waals surface area contributed by atoms with E-state index < -0.39 is 23.8 Å². The molecule has 0 saturated carbocycles. The summed E-state index contributed by atoms with van der Waals surface area (Å²) in [6.07, 6.45) is 29.3. The number of amides is 1. The molecule has 0 saturated heterocycles. The quantitative estimate of drug-likeness (QED) is 0.101. The van der Waals surface area contributed by atoms with E-state index in [4.69, 9.17) is 14.2 Å². The van der Waals surface area contributed by atoms with E-state index in [0.29, 0.717) is 13.0 Å². The summed E-state index contributed by atoms with van der Waals surface area (Å²) in [6, 6.07) is 0. The molecule has 1 atom stereocenters. The first kappa shape index (κ1) is 34.4. The lowest BCUT2D eigenvalue weighted by Gasteiger charge is -2.20. The van der Waals surface area contributed by atoms with E-state index in [0.717, 1.165) is 51.4 Å². The van der Waals surface area contributed by atoms with Crippen LogP contribution in [0.4, 0.5) is 4.79 Å². The van der Waals surface area contributed by atoms with Gasteiger partial charge in [-0.25, -0.2) is 9.59 Å². The Morgan fingerprint density at radius 3 is 1.81 bits per heavy atom. The highest BCUT2D eigenvalue weighted by atomic mass is 16.6. The molecule has 37 heavy (non-hydrogen) atoms. The zero-order valence-corrected chi connectivity index (χ0v) is 23.9. The smallest absolute Gasteiger partial charge is 0.407 e. The van der Waals surface area contributed by atoms with Gasteiger partial charge in [-0.2, -0.15) is 0 Å². The zero-order valence-electron chi connectivity index (χ0n) is 23.9. The van der Waals surface area contributed by atoms with Gasteiger partial charge < -0.3 is 19.5 Å². The molecule has 0 rings (SSSR count). The minimum Gasteiger partial charge on any atom is -0.462 e. The lowest BCUT2D eigenvalue weighted by molar-refractivity contribution is -0.157. The van der Waals surface area contributed by atoms with E-state index in [2.05, 4.69) is 73.0 Å². The summed E-state index contributed by atoms with van der Waals surface area (Å²) in [7, 11) is 0. The van der Waals surface area contributed by atoms with Crippen LogP contribution in [0, 0.1) is 0 Å². The number of alkyl carbamates (subject to hydrolysis) is 1. The molecule has 1 N–H and O–H groups in total. The number of rotatable bonds is 20. The molecule has 0 aliphatic rings. The minimum absolute atomic E-state index is 0.0853. The third kappa shape index (κ3) is 24.9. The van der Waals surface area contributed by atoms with Crippen molar-refractivity contribution < 1.29 is 23.8 Å². The normalized spacial score (nSPS) is 13.4. The summed E-state index contributed by atoms with van der Waals surface area (Å²) in [5, 5.41) is 2.56. The largest absolute Gasteiger partial charge is 0.462 e. The molecular formula is C31H51NO5. The van der Waals surface area contributed by atoms with Gasteiger partial charge in [0.05, 0.1) is 6.54 Å². The second-order valence-electron chi connectivity index (χ2n) is 9.57. The van der Waals surface area contributed by atoms with Crippen molar-refractivity contribution >= 4 is 12.1 Å². The predicted molar refractivity (Wildman–Crippen MR) is 154 cm³/mol. The number of nitrogens with one attached hydrogen (secondary N) is 1. The topological polar surface area (TPSA) is 73.9 Å². The standard InChI is InChI=1S/C31H51NO5/c1-6-8-9-10-11-12-13-14-15-16-17-18-19-20-21-22-23-24-26-35-28(7-2)29(33)36-27-25-32-30(34)37-31(3,4)5/h8-9,11-12,14-15,17-18,20-21,28H,6-7,10,13,16,19,22-27H2,1-5H3,(H,32,34)/b9-8-,12-11-,15-14-,18-17-,21-20-. The lowest BCUT2D eigenvalue weighted by atomic mass is 10.2. The van der Waals surface area contributed by atoms with Crippen LogP contribution in [0.5, 0.6) is 0 Å². The summed E-state index contributed by atoms with van der Waals surface area (Å²) >= 11 is 0. The molecule has 1 unspecified atom stereocenters. The summed E-state index contributed by atoms with van der Waals surface area (Å²) in [6.45, 7) is 10.2. The first-order chi connectivity index (χ1) is 17.8. The molecule has 0 aromatic rings. The van der Waals surface area contributed by atoms with Gasteiger partial charge in [0, 0.05) is 6.61 Å². The van der Waals surface area contributed by atoms with Crippen molar-refractivity contribution in [1.82, 2.24) is 5.32 Å². The third-order valence-electron chi connectivity index (χ3n) is 4.89. The van der Waals surface area contributed by atoms with Crippen LogP contribution >= 0.6 is 0 Å². The number of allylic oxidation sites excluding steroid dienone is 10. The molecule has 0 bridgehead atoms. The molecular weight excluding hydrogens is 466 g/mol. The number of unbranched alkanes of at least 4 members (excludes halogenated alkanes) is 2. The first-order valence-electron chi connectivity index (χ1n) is 13.8. The number of esters is 1. The second-order valence-corrected chi connectivity index (χ2v) is 9.57. The SMILES string of the molecule is CC/C=C\C/C=C\C/C=C\C/C=C\C/C=C\CCCCOC(CC)C(=O)OCCNC(=O)OC(C)(C)C. The van der Waals surface area contributed by atoms with Gasteiger partial charge in [0.1, 0.15) is 12.2 Å². The molecule has 6 heteroatoms. The average molecular weight is 518 g/mol. The Morgan fingerprint density at radius 2 is 1.30 bits per heavy atom. The molecule has 0 fully saturated rings. The van der Waals surface area contributed by atoms with Crippen LogP contribution in [-0.2, 0) is 19.0 Å². The Hall–Kier alpha value is -2.60. The molecule has 0 aliphatic carbocycles. The fraction of sp³-hybridized carbons (Fsp3) is 0.613. The summed E-state index contributed by atoms with van der Waals surface area (Å²) in [5.74, 6) is -0.397. The van der Waals surface area contributed by atoms with Crippen LogP contribution in [0.25, 0.3) is 0 Å². The Kier molecular flexibility index (Phi) is 22.1. The molecule has 0 aliphatic heterocycles. The van der Waals surface area contributed by atoms with Gasteiger partial charge in [-0.1, -0.05) is 74.6 Å². The Balaban J connectivity index is 3.76.